The van der Waals surface area contributed by atoms with Crippen LogP contribution in [-0.4, -0.2) is 28.9 Å². The fourth-order valence-corrected chi connectivity index (χ4v) is 2.21. The number of anilines is 2. The Morgan fingerprint density at radius 2 is 1.61 bits per heavy atom. The molecule has 0 bridgehead atoms. The summed E-state index contributed by atoms with van der Waals surface area (Å²) in [6.07, 6.45) is 0. The zero-order valence-electron chi connectivity index (χ0n) is 14.1. The molecule has 0 atom stereocenters. The van der Waals surface area contributed by atoms with Crippen molar-refractivity contribution in [3.8, 4) is 6.07 Å². The molecule has 9 nitrogen and oxygen atoms in total. The Bertz CT molecular complexity index is 985. The van der Waals surface area contributed by atoms with Gasteiger partial charge in [0.05, 0.1) is 28.0 Å². The van der Waals surface area contributed by atoms with Crippen LogP contribution in [0.3, 0.4) is 0 Å². The predicted octanol–water partition coefficient (Wildman–Crippen LogP) is 1.92. The first kappa shape index (κ1) is 20.4. The Morgan fingerprint density at radius 3 is 2.14 bits per heavy atom. The van der Waals surface area contributed by atoms with Crippen molar-refractivity contribution < 1.29 is 29.0 Å². The second-order valence-corrected chi connectivity index (χ2v) is 5.65. The van der Waals surface area contributed by atoms with Gasteiger partial charge in [0.15, 0.2) is 0 Å². The lowest BCUT2D eigenvalue weighted by molar-refractivity contribution is -0.153. The Morgan fingerprint density at radius 1 is 1.04 bits per heavy atom. The third-order valence-electron chi connectivity index (χ3n) is 3.29. The highest BCUT2D eigenvalue weighted by Crippen LogP contribution is 2.32. The number of carbonyl (C=O) groups is 4. The monoisotopic (exact) mass is 401 g/mol. The van der Waals surface area contributed by atoms with Crippen LogP contribution in [0.1, 0.15) is 11.1 Å². The molecule has 0 fully saturated rings. The van der Waals surface area contributed by atoms with Crippen molar-refractivity contribution in [3.05, 3.63) is 58.6 Å². The fourth-order valence-electron chi connectivity index (χ4n) is 2.01. The lowest BCUT2D eigenvalue weighted by Gasteiger charge is -2.12. The number of ether oxygens (including phenoxy) is 1. The quantitative estimate of drug-likeness (QED) is 0.524. The summed E-state index contributed by atoms with van der Waals surface area (Å²) in [5, 5.41) is 21.6. The highest BCUT2D eigenvalue weighted by molar-refractivity contribution is 6.42. The van der Waals surface area contributed by atoms with E-state index in [9.17, 15) is 19.2 Å². The number of benzene rings is 2. The lowest BCUT2D eigenvalue weighted by Crippen LogP contribution is -2.26. The van der Waals surface area contributed by atoms with Crippen LogP contribution in [0.4, 0.5) is 11.4 Å². The van der Waals surface area contributed by atoms with Gasteiger partial charge in [-0.05, 0) is 17.7 Å². The van der Waals surface area contributed by atoms with Crippen LogP contribution in [0.25, 0.3) is 0 Å². The summed E-state index contributed by atoms with van der Waals surface area (Å²) in [5.41, 5.74) is 0.231. The number of nitrogens with one attached hydrogen (secondary N) is 2. The average Bonchev–Trinajstić information content (AvgIpc) is 2.69. The summed E-state index contributed by atoms with van der Waals surface area (Å²) < 4.78 is 4.88. The van der Waals surface area contributed by atoms with Crippen LogP contribution >= 0.6 is 11.6 Å². The van der Waals surface area contributed by atoms with E-state index in [0.717, 1.165) is 12.1 Å². The van der Waals surface area contributed by atoms with Gasteiger partial charge in [0.1, 0.15) is 6.61 Å². The molecule has 2 aromatic rings. The number of halogens is 1. The first-order chi connectivity index (χ1) is 13.3. The topological polar surface area (TPSA) is 146 Å². The molecule has 0 saturated carbocycles. The molecule has 0 spiro atoms. The maximum Gasteiger partial charge on any atom is 0.397 e. The van der Waals surface area contributed by atoms with Gasteiger partial charge >= 0.3 is 23.8 Å². The molecule has 0 heterocycles. The van der Waals surface area contributed by atoms with E-state index in [4.69, 9.17) is 26.7 Å². The number of hydrogen-bond donors (Lipinski definition) is 3. The van der Waals surface area contributed by atoms with E-state index in [0.29, 0.717) is 5.56 Å². The van der Waals surface area contributed by atoms with E-state index in [1.807, 2.05) is 5.32 Å². The number of carbonyl (C=O) groups excluding carboxylic acids is 3. The average molecular weight is 402 g/mol. The van der Waals surface area contributed by atoms with Crippen LogP contribution in [0.5, 0.6) is 0 Å². The van der Waals surface area contributed by atoms with Gasteiger partial charge in [0.25, 0.3) is 0 Å². The number of esters is 1. The summed E-state index contributed by atoms with van der Waals surface area (Å²) in [7, 11) is 0. The van der Waals surface area contributed by atoms with Gasteiger partial charge in [-0.15, -0.1) is 0 Å². The molecule has 0 radical (unpaired) electrons. The van der Waals surface area contributed by atoms with Gasteiger partial charge in [-0.2, -0.15) is 5.26 Å². The van der Waals surface area contributed by atoms with Crippen molar-refractivity contribution in [2.75, 3.05) is 10.6 Å². The zero-order valence-corrected chi connectivity index (χ0v) is 14.8. The molecule has 10 heteroatoms. The third kappa shape index (κ3) is 5.30. The van der Waals surface area contributed by atoms with E-state index in [1.54, 1.807) is 36.4 Å². The Hall–Kier alpha value is -3.90. The molecule has 28 heavy (non-hydrogen) atoms. The largest absolute Gasteiger partial charge is 0.474 e. The number of nitrogens with zero attached hydrogens (tertiary/aromatic N) is 1. The molecule has 142 valence electrons. The molecule has 0 aromatic heterocycles. The molecule has 0 saturated heterocycles. The van der Waals surface area contributed by atoms with Gasteiger partial charge in [-0.3, -0.25) is 9.59 Å². The fraction of sp³-hybridized carbons (Fsp3) is 0.0556. The highest BCUT2D eigenvalue weighted by atomic mass is 35.5. The smallest absolute Gasteiger partial charge is 0.397 e. The van der Waals surface area contributed by atoms with Crippen molar-refractivity contribution in [1.29, 1.82) is 5.26 Å². The summed E-state index contributed by atoms with van der Waals surface area (Å²) in [6, 6.07) is 12.7. The van der Waals surface area contributed by atoms with E-state index in [1.165, 1.54) is 0 Å². The Kier molecular flexibility index (Phi) is 6.68. The first-order valence-corrected chi connectivity index (χ1v) is 7.99. The van der Waals surface area contributed by atoms with Crippen LogP contribution in [-0.2, 0) is 30.5 Å². The zero-order chi connectivity index (χ0) is 20.7. The molecular weight excluding hydrogens is 390 g/mol. The first-order valence-electron chi connectivity index (χ1n) is 7.61. The van der Waals surface area contributed by atoms with Crippen LogP contribution in [0.2, 0.25) is 5.02 Å². The molecule has 2 amide bonds. The van der Waals surface area contributed by atoms with Crippen molar-refractivity contribution in [2.24, 2.45) is 0 Å². The SMILES string of the molecule is N#Cc1cc(NC(=O)C(=O)O)c(Cl)c(NC(=O)C(=O)OCc2ccccc2)c1. The number of amides is 2. The highest BCUT2D eigenvalue weighted by Gasteiger charge is 2.21. The Labute approximate surface area is 163 Å². The summed E-state index contributed by atoms with van der Waals surface area (Å²) >= 11 is 6.02. The second-order valence-electron chi connectivity index (χ2n) is 5.27. The molecule has 2 rings (SSSR count). The minimum Gasteiger partial charge on any atom is -0.474 e. The molecule has 3 N–H and O–H groups in total. The molecule has 0 aliphatic heterocycles. The Balaban J connectivity index is 2.14. The van der Waals surface area contributed by atoms with Gasteiger partial charge in [-0.1, -0.05) is 41.9 Å². The number of aliphatic carboxylic acids is 1. The maximum absolute atomic E-state index is 12.0. The van der Waals surface area contributed by atoms with E-state index in [-0.39, 0.29) is 28.6 Å². The summed E-state index contributed by atoms with van der Waals surface area (Å²) in [5.74, 6) is -5.52. The van der Waals surface area contributed by atoms with Gasteiger partial charge in [0, 0.05) is 0 Å². The van der Waals surface area contributed by atoms with Gasteiger partial charge in [0.2, 0.25) is 0 Å². The van der Waals surface area contributed by atoms with Crippen molar-refractivity contribution in [3.63, 3.8) is 0 Å². The normalized spacial score (nSPS) is 9.71. The van der Waals surface area contributed by atoms with Crippen molar-refractivity contribution >= 4 is 46.7 Å². The minimum absolute atomic E-state index is 0.0435. The summed E-state index contributed by atoms with van der Waals surface area (Å²) in [4.78, 5) is 45.8. The number of carboxylic acid groups (broad SMARTS) is 1. The number of hydrogen-bond acceptors (Lipinski definition) is 6. The van der Waals surface area contributed by atoms with Crippen LogP contribution < -0.4 is 10.6 Å². The molecule has 0 aliphatic rings. The van der Waals surface area contributed by atoms with E-state index < -0.39 is 23.8 Å². The van der Waals surface area contributed by atoms with Gasteiger partial charge in [-0.25, -0.2) is 9.59 Å². The van der Waals surface area contributed by atoms with E-state index >= 15 is 0 Å². The molecule has 0 aliphatic carbocycles. The van der Waals surface area contributed by atoms with E-state index in [2.05, 4.69) is 5.32 Å². The summed E-state index contributed by atoms with van der Waals surface area (Å²) in [6.45, 7) is -0.126. The minimum atomic E-state index is -1.77. The van der Waals surface area contributed by atoms with Gasteiger partial charge < -0.3 is 20.5 Å². The van der Waals surface area contributed by atoms with Crippen LogP contribution in [0.15, 0.2) is 42.5 Å². The van der Waals surface area contributed by atoms with Crippen LogP contribution in [0, 0.1) is 11.3 Å². The molecular formula is C18H12ClN3O6. The molecule has 0 unspecified atom stereocenters. The standard InChI is InChI=1S/C18H12ClN3O6/c19-14-12(21-15(23)17(25)26)6-11(8-20)7-13(14)22-16(24)18(27)28-9-10-4-2-1-3-5-10/h1-7H,9H2,(H,21,23)(H,22,24)(H,25,26). The van der Waals surface area contributed by atoms with Crippen molar-refractivity contribution in [1.82, 2.24) is 0 Å². The predicted molar refractivity (Wildman–Crippen MR) is 97.3 cm³/mol. The second kappa shape index (κ2) is 9.16. The van der Waals surface area contributed by atoms with Crippen molar-refractivity contribution in [2.45, 2.75) is 6.61 Å². The maximum atomic E-state index is 12.0. The number of nitriles is 1. The number of rotatable bonds is 4. The molecule has 2 aromatic carbocycles. The third-order valence-corrected chi connectivity index (χ3v) is 3.70. The number of carboxylic acids is 1. The lowest BCUT2D eigenvalue weighted by atomic mass is 10.1.